The molecule has 1 aliphatic rings. The first-order chi connectivity index (χ1) is 6.36. The minimum Gasteiger partial charge on any atom is -0.387 e. The van der Waals surface area contributed by atoms with Gasteiger partial charge in [-0.05, 0) is 24.5 Å². The molecule has 2 nitrogen and oxygen atoms in total. The molecule has 1 atom stereocenters. The zero-order valence-electron chi connectivity index (χ0n) is 7.87. The van der Waals surface area contributed by atoms with Crippen LogP contribution in [0.25, 0.3) is 0 Å². The molecule has 0 radical (unpaired) electrons. The van der Waals surface area contributed by atoms with E-state index < -0.39 is 0 Å². The number of aliphatic hydroxyl groups excluding tert-OH is 1. The first kappa shape index (κ1) is 8.82. The molecular formula is C11H17NO. The standard InChI is InChI=1S/C11H17NO/c13-11(10-6-3-7-12-10)8-9-4-1-2-5-9/h3,6-7,9,11-13H,1-2,4-5,8H2. The van der Waals surface area contributed by atoms with Gasteiger partial charge < -0.3 is 10.1 Å². The van der Waals surface area contributed by atoms with Crippen molar-refractivity contribution in [2.45, 2.75) is 38.2 Å². The van der Waals surface area contributed by atoms with Crippen molar-refractivity contribution in [1.29, 1.82) is 0 Å². The van der Waals surface area contributed by atoms with Gasteiger partial charge in [-0.3, -0.25) is 0 Å². The molecule has 0 bridgehead atoms. The topological polar surface area (TPSA) is 36.0 Å². The highest BCUT2D eigenvalue weighted by molar-refractivity contribution is 5.06. The molecule has 2 rings (SSSR count). The molecule has 0 aliphatic heterocycles. The Morgan fingerprint density at radius 1 is 1.46 bits per heavy atom. The summed E-state index contributed by atoms with van der Waals surface area (Å²) in [5.74, 6) is 0.748. The Balaban J connectivity index is 1.87. The molecule has 1 saturated carbocycles. The van der Waals surface area contributed by atoms with Gasteiger partial charge in [0.1, 0.15) is 0 Å². The second-order valence-electron chi connectivity index (χ2n) is 4.03. The Bertz CT molecular complexity index is 237. The Kier molecular flexibility index (Phi) is 2.69. The van der Waals surface area contributed by atoms with Crippen LogP contribution in [-0.4, -0.2) is 10.1 Å². The van der Waals surface area contributed by atoms with E-state index in [1.807, 2.05) is 18.3 Å². The number of rotatable bonds is 3. The predicted octanol–water partition coefficient (Wildman–Crippen LogP) is 2.63. The number of hydrogen-bond donors (Lipinski definition) is 2. The zero-order valence-corrected chi connectivity index (χ0v) is 7.87. The maximum atomic E-state index is 9.84. The van der Waals surface area contributed by atoms with E-state index in [1.165, 1.54) is 25.7 Å². The highest BCUT2D eigenvalue weighted by Crippen LogP contribution is 2.32. The van der Waals surface area contributed by atoms with Crippen LogP contribution >= 0.6 is 0 Å². The van der Waals surface area contributed by atoms with Gasteiger partial charge in [0.15, 0.2) is 0 Å². The van der Waals surface area contributed by atoms with Crippen LogP contribution in [0.5, 0.6) is 0 Å². The number of aromatic amines is 1. The molecule has 0 saturated heterocycles. The third-order valence-electron chi connectivity index (χ3n) is 3.01. The monoisotopic (exact) mass is 179 g/mol. The van der Waals surface area contributed by atoms with Gasteiger partial charge in [-0.2, -0.15) is 0 Å². The van der Waals surface area contributed by atoms with E-state index in [2.05, 4.69) is 4.98 Å². The van der Waals surface area contributed by atoms with Crippen molar-refractivity contribution >= 4 is 0 Å². The zero-order chi connectivity index (χ0) is 9.10. The summed E-state index contributed by atoms with van der Waals surface area (Å²) in [5, 5.41) is 9.84. The molecule has 1 fully saturated rings. The predicted molar refractivity (Wildman–Crippen MR) is 52.3 cm³/mol. The molecule has 1 aromatic rings. The quantitative estimate of drug-likeness (QED) is 0.735. The number of nitrogens with one attached hydrogen (secondary N) is 1. The van der Waals surface area contributed by atoms with E-state index in [1.54, 1.807) is 0 Å². The van der Waals surface area contributed by atoms with Gasteiger partial charge in [0.2, 0.25) is 0 Å². The number of aromatic nitrogens is 1. The fraction of sp³-hybridized carbons (Fsp3) is 0.636. The highest BCUT2D eigenvalue weighted by Gasteiger charge is 2.19. The Morgan fingerprint density at radius 3 is 2.85 bits per heavy atom. The van der Waals surface area contributed by atoms with E-state index in [-0.39, 0.29) is 6.10 Å². The summed E-state index contributed by atoms with van der Waals surface area (Å²) < 4.78 is 0. The van der Waals surface area contributed by atoms with Crippen molar-refractivity contribution in [3.63, 3.8) is 0 Å². The van der Waals surface area contributed by atoms with Crippen LogP contribution in [0.15, 0.2) is 18.3 Å². The summed E-state index contributed by atoms with van der Waals surface area (Å²) in [4.78, 5) is 3.06. The fourth-order valence-electron chi connectivity index (χ4n) is 2.24. The van der Waals surface area contributed by atoms with Crippen molar-refractivity contribution in [2.75, 3.05) is 0 Å². The summed E-state index contributed by atoms with van der Waals surface area (Å²) in [6, 6.07) is 3.90. The molecule has 0 aromatic carbocycles. The van der Waals surface area contributed by atoms with E-state index in [0.717, 1.165) is 18.0 Å². The molecule has 72 valence electrons. The summed E-state index contributed by atoms with van der Waals surface area (Å²) in [5.41, 5.74) is 0.965. The molecule has 1 aliphatic carbocycles. The van der Waals surface area contributed by atoms with Gasteiger partial charge in [0, 0.05) is 11.9 Å². The molecular weight excluding hydrogens is 162 g/mol. The lowest BCUT2D eigenvalue weighted by atomic mass is 9.99. The van der Waals surface area contributed by atoms with Gasteiger partial charge in [-0.25, -0.2) is 0 Å². The molecule has 1 aromatic heterocycles. The van der Waals surface area contributed by atoms with Gasteiger partial charge in [-0.1, -0.05) is 25.7 Å². The van der Waals surface area contributed by atoms with Crippen molar-refractivity contribution in [3.05, 3.63) is 24.0 Å². The van der Waals surface area contributed by atoms with Crippen LogP contribution in [0.2, 0.25) is 0 Å². The summed E-state index contributed by atoms with van der Waals surface area (Å²) in [7, 11) is 0. The van der Waals surface area contributed by atoms with Crippen molar-refractivity contribution in [2.24, 2.45) is 5.92 Å². The third kappa shape index (κ3) is 2.13. The lowest BCUT2D eigenvalue weighted by molar-refractivity contribution is 0.141. The molecule has 1 heterocycles. The van der Waals surface area contributed by atoms with Crippen LogP contribution in [0, 0.1) is 5.92 Å². The molecule has 1 unspecified atom stereocenters. The molecule has 0 amide bonds. The van der Waals surface area contributed by atoms with Crippen LogP contribution in [0.4, 0.5) is 0 Å². The molecule has 13 heavy (non-hydrogen) atoms. The lowest BCUT2D eigenvalue weighted by Crippen LogP contribution is -2.04. The first-order valence-corrected chi connectivity index (χ1v) is 5.17. The van der Waals surface area contributed by atoms with E-state index >= 15 is 0 Å². The highest BCUT2D eigenvalue weighted by atomic mass is 16.3. The van der Waals surface area contributed by atoms with Crippen LogP contribution < -0.4 is 0 Å². The fourth-order valence-corrected chi connectivity index (χ4v) is 2.24. The average Bonchev–Trinajstić information content (AvgIpc) is 2.74. The normalized spacial score (nSPS) is 20.7. The SMILES string of the molecule is OC(CC1CCCC1)c1ccc[nH]1. The third-order valence-corrected chi connectivity index (χ3v) is 3.01. The molecule has 0 spiro atoms. The van der Waals surface area contributed by atoms with Gasteiger partial charge >= 0.3 is 0 Å². The smallest absolute Gasteiger partial charge is 0.0940 e. The van der Waals surface area contributed by atoms with Gasteiger partial charge in [-0.15, -0.1) is 0 Å². The summed E-state index contributed by atoms with van der Waals surface area (Å²) in [6.07, 6.45) is 7.83. The van der Waals surface area contributed by atoms with E-state index in [4.69, 9.17) is 0 Å². The van der Waals surface area contributed by atoms with Crippen molar-refractivity contribution < 1.29 is 5.11 Å². The lowest BCUT2D eigenvalue weighted by Gasteiger charge is -2.13. The maximum Gasteiger partial charge on any atom is 0.0940 e. The molecule has 2 heteroatoms. The minimum atomic E-state index is -0.280. The van der Waals surface area contributed by atoms with Crippen LogP contribution in [0.1, 0.15) is 43.9 Å². The second kappa shape index (κ2) is 3.97. The molecule has 2 N–H and O–H groups in total. The van der Waals surface area contributed by atoms with Crippen molar-refractivity contribution in [3.8, 4) is 0 Å². The average molecular weight is 179 g/mol. The van der Waals surface area contributed by atoms with Crippen molar-refractivity contribution in [1.82, 2.24) is 4.98 Å². The second-order valence-corrected chi connectivity index (χ2v) is 4.03. The summed E-state index contributed by atoms with van der Waals surface area (Å²) >= 11 is 0. The first-order valence-electron chi connectivity index (χ1n) is 5.17. The Hall–Kier alpha value is -0.760. The largest absolute Gasteiger partial charge is 0.387 e. The minimum absolute atomic E-state index is 0.280. The van der Waals surface area contributed by atoms with Gasteiger partial charge in [0.05, 0.1) is 6.10 Å². The van der Waals surface area contributed by atoms with Gasteiger partial charge in [0.25, 0.3) is 0 Å². The summed E-state index contributed by atoms with van der Waals surface area (Å²) in [6.45, 7) is 0. The van der Waals surface area contributed by atoms with E-state index in [0.29, 0.717) is 0 Å². The number of hydrogen-bond acceptors (Lipinski definition) is 1. The van der Waals surface area contributed by atoms with E-state index in [9.17, 15) is 5.11 Å². The number of aliphatic hydroxyl groups is 1. The van der Waals surface area contributed by atoms with Crippen LogP contribution in [0.3, 0.4) is 0 Å². The Morgan fingerprint density at radius 2 is 2.23 bits per heavy atom. The Labute approximate surface area is 79.0 Å². The maximum absolute atomic E-state index is 9.84. The number of H-pyrrole nitrogens is 1. The van der Waals surface area contributed by atoms with Crippen LogP contribution in [-0.2, 0) is 0 Å².